The number of halogens is 1. The molecular weight excluding hydrogens is 235 g/mol. The Balaban J connectivity index is 2.47. The van der Waals surface area contributed by atoms with E-state index >= 15 is 0 Å². The average molecular weight is 254 g/mol. The maximum atomic E-state index is 13.2. The van der Waals surface area contributed by atoms with Gasteiger partial charge < -0.3 is 14.5 Å². The zero-order valence-corrected chi connectivity index (χ0v) is 11.2. The lowest BCUT2D eigenvalue weighted by Crippen LogP contribution is -2.35. The van der Waals surface area contributed by atoms with Crippen LogP contribution in [0.15, 0.2) is 23.3 Å². The molecule has 1 aromatic rings. The second kappa shape index (κ2) is 6.78. The number of pyridine rings is 1. The van der Waals surface area contributed by atoms with Crippen molar-refractivity contribution in [3.63, 3.8) is 0 Å². The summed E-state index contributed by atoms with van der Waals surface area (Å²) in [6.45, 7) is 0.737. The third-order valence-electron chi connectivity index (χ3n) is 2.11. The van der Waals surface area contributed by atoms with Crippen LogP contribution in [0.5, 0.6) is 5.88 Å². The molecule has 0 aromatic carbocycles. The summed E-state index contributed by atoms with van der Waals surface area (Å²) in [5.74, 6) is 0.394. The van der Waals surface area contributed by atoms with Crippen molar-refractivity contribution in [2.24, 2.45) is 4.99 Å². The molecule has 0 unspecified atom stereocenters. The Morgan fingerprint density at radius 3 is 2.56 bits per heavy atom. The fourth-order valence-corrected chi connectivity index (χ4v) is 1.45. The van der Waals surface area contributed by atoms with Crippen LogP contribution in [-0.2, 0) is 0 Å². The maximum absolute atomic E-state index is 13.2. The van der Waals surface area contributed by atoms with Crippen LogP contribution in [0, 0.1) is 5.82 Å². The smallest absolute Gasteiger partial charge is 0.250 e. The van der Waals surface area contributed by atoms with Crippen molar-refractivity contribution in [3.05, 3.63) is 24.1 Å². The molecule has 6 heteroatoms. The van der Waals surface area contributed by atoms with Gasteiger partial charge >= 0.3 is 0 Å². The van der Waals surface area contributed by atoms with Crippen molar-refractivity contribution in [3.8, 4) is 5.88 Å². The minimum absolute atomic E-state index is 0.0176. The van der Waals surface area contributed by atoms with E-state index in [-0.39, 0.29) is 5.88 Å². The Labute approximate surface area is 107 Å². The van der Waals surface area contributed by atoms with E-state index in [1.807, 2.05) is 38.0 Å². The topological polar surface area (TPSA) is 41.0 Å². The summed E-state index contributed by atoms with van der Waals surface area (Å²) in [6, 6.07) is 2.84. The van der Waals surface area contributed by atoms with Gasteiger partial charge in [-0.2, -0.15) is 0 Å². The number of guanidine groups is 1. The number of hydrogen-bond donors (Lipinski definition) is 0. The highest BCUT2D eigenvalue weighted by atomic mass is 19.1. The summed E-state index contributed by atoms with van der Waals surface area (Å²) in [5.41, 5.74) is 0. The molecule has 1 rings (SSSR count). The van der Waals surface area contributed by atoms with Gasteiger partial charge in [0.05, 0.1) is 6.54 Å². The number of aliphatic imine (C=N–C) groups is 1. The van der Waals surface area contributed by atoms with Gasteiger partial charge in [0.25, 0.3) is 0 Å². The summed E-state index contributed by atoms with van der Waals surface area (Å²) in [6.07, 6.45) is 1.49. The first-order valence-corrected chi connectivity index (χ1v) is 5.64. The molecule has 0 atom stereocenters. The first-order valence-electron chi connectivity index (χ1n) is 5.64. The zero-order valence-electron chi connectivity index (χ0n) is 11.2. The second-order valence-corrected chi connectivity index (χ2v) is 4.11. The first kappa shape index (κ1) is 14.2. The quantitative estimate of drug-likeness (QED) is 0.458. The number of rotatable bonds is 4. The maximum Gasteiger partial charge on any atom is 0.250 e. The number of nitrogens with zero attached hydrogens (tertiary/aromatic N) is 4. The summed E-state index contributed by atoms with van der Waals surface area (Å²) >= 11 is 0. The molecule has 0 aliphatic carbocycles. The Kier molecular flexibility index (Phi) is 5.35. The van der Waals surface area contributed by atoms with Gasteiger partial charge in [0.2, 0.25) is 5.88 Å². The predicted octanol–water partition coefficient (Wildman–Crippen LogP) is 1.08. The van der Waals surface area contributed by atoms with Gasteiger partial charge in [-0.1, -0.05) is 0 Å². The molecule has 0 N–H and O–H groups in total. The van der Waals surface area contributed by atoms with E-state index in [0.29, 0.717) is 13.2 Å². The van der Waals surface area contributed by atoms with Crippen molar-refractivity contribution >= 4 is 5.96 Å². The van der Waals surface area contributed by atoms with Gasteiger partial charge in [-0.15, -0.1) is 0 Å². The minimum Gasteiger partial charge on any atom is -0.474 e. The van der Waals surface area contributed by atoms with Crippen molar-refractivity contribution in [2.75, 3.05) is 41.3 Å². The molecule has 0 fully saturated rings. The number of hydrogen-bond acceptors (Lipinski definition) is 3. The lowest BCUT2D eigenvalue weighted by Gasteiger charge is -2.22. The molecule has 0 bridgehead atoms. The molecule has 1 heterocycles. The van der Waals surface area contributed by atoms with Gasteiger partial charge in [0.15, 0.2) is 11.8 Å². The fourth-order valence-electron chi connectivity index (χ4n) is 1.45. The molecule has 1 aromatic heterocycles. The van der Waals surface area contributed by atoms with Crippen LogP contribution >= 0.6 is 0 Å². The Morgan fingerprint density at radius 1 is 1.33 bits per heavy atom. The molecule has 0 aliphatic heterocycles. The molecule has 5 nitrogen and oxygen atoms in total. The van der Waals surface area contributed by atoms with E-state index in [9.17, 15) is 4.39 Å². The predicted molar refractivity (Wildman–Crippen MR) is 69.4 cm³/mol. The summed E-state index contributed by atoms with van der Waals surface area (Å²) < 4.78 is 18.4. The lowest BCUT2D eigenvalue weighted by molar-refractivity contribution is 0.296. The van der Waals surface area contributed by atoms with Crippen LogP contribution in [0.1, 0.15) is 0 Å². The highest BCUT2D eigenvalue weighted by Crippen LogP contribution is 2.10. The van der Waals surface area contributed by atoms with E-state index in [2.05, 4.69) is 9.98 Å². The van der Waals surface area contributed by atoms with Crippen molar-refractivity contribution in [1.82, 2.24) is 14.8 Å². The largest absolute Gasteiger partial charge is 0.474 e. The highest BCUT2D eigenvalue weighted by molar-refractivity contribution is 5.79. The monoisotopic (exact) mass is 254 g/mol. The third kappa shape index (κ3) is 4.20. The van der Waals surface area contributed by atoms with Gasteiger partial charge in [-0.05, 0) is 12.1 Å². The summed E-state index contributed by atoms with van der Waals surface area (Å²) in [4.78, 5) is 12.0. The highest BCUT2D eigenvalue weighted by Gasteiger charge is 2.05. The molecule has 0 saturated carbocycles. The Hall–Kier alpha value is -1.85. The standard InChI is InChI=1S/C12H19FN4O/c1-16(2)12(17(3)4)15-8-9-18-11-10(13)6-5-7-14-11/h5-7H,8-9H2,1-4H3. The summed E-state index contributed by atoms with van der Waals surface area (Å²) in [7, 11) is 7.66. The zero-order chi connectivity index (χ0) is 13.5. The van der Waals surface area contributed by atoms with Crippen LogP contribution in [0.25, 0.3) is 0 Å². The number of ether oxygens (including phenoxy) is 1. The number of aromatic nitrogens is 1. The minimum atomic E-state index is -0.457. The normalized spacial score (nSPS) is 9.83. The molecule has 0 spiro atoms. The van der Waals surface area contributed by atoms with Crippen LogP contribution in [0.3, 0.4) is 0 Å². The van der Waals surface area contributed by atoms with Gasteiger partial charge in [-0.25, -0.2) is 14.4 Å². The average Bonchev–Trinajstić information content (AvgIpc) is 2.30. The van der Waals surface area contributed by atoms with Crippen molar-refractivity contribution in [2.45, 2.75) is 0 Å². The molecule has 100 valence electrons. The fraction of sp³-hybridized carbons (Fsp3) is 0.500. The first-order chi connectivity index (χ1) is 8.52. The molecule has 0 aliphatic rings. The molecule has 0 saturated heterocycles. The SMILES string of the molecule is CN(C)C(=NCCOc1ncccc1F)N(C)C. The van der Waals surface area contributed by atoms with Gasteiger partial charge in [-0.3, -0.25) is 0 Å². The summed E-state index contributed by atoms with van der Waals surface area (Å²) in [5, 5.41) is 0. The molecular formula is C12H19FN4O. The van der Waals surface area contributed by atoms with Gasteiger partial charge in [0, 0.05) is 34.4 Å². The Morgan fingerprint density at radius 2 is 2.00 bits per heavy atom. The van der Waals surface area contributed by atoms with E-state index in [1.54, 1.807) is 0 Å². The van der Waals surface area contributed by atoms with Crippen LogP contribution in [-0.4, -0.2) is 62.1 Å². The van der Waals surface area contributed by atoms with E-state index in [1.165, 1.54) is 18.3 Å². The van der Waals surface area contributed by atoms with Crippen LogP contribution in [0.4, 0.5) is 4.39 Å². The Bertz CT molecular complexity index is 397. The van der Waals surface area contributed by atoms with Crippen LogP contribution < -0.4 is 4.74 Å². The van der Waals surface area contributed by atoms with Crippen LogP contribution in [0.2, 0.25) is 0 Å². The lowest BCUT2D eigenvalue weighted by atomic mass is 10.5. The van der Waals surface area contributed by atoms with Gasteiger partial charge in [0.1, 0.15) is 6.61 Å². The van der Waals surface area contributed by atoms with Crippen molar-refractivity contribution < 1.29 is 9.13 Å². The third-order valence-corrected chi connectivity index (χ3v) is 2.11. The molecule has 0 amide bonds. The molecule has 18 heavy (non-hydrogen) atoms. The van der Waals surface area contributed by atoms with Crippen molar-refractivity contribution in [1.29, 1.82) is 0 Å². The van der Waals surface area contributed by atoms with E-state index < -0.39 is 5.82 Å². The second-order valence-electron chi connectivity index (χ2n) is 4.11. The van der Waals surface area contributed by atoms with E-state index in [0.717, 1.165) is 5.96 Å². The molecule has 0 radical (unpaired) electrons. The van der Waals surface area contributed by atoms with E-state index in [4.69, 9.17) is 4.74 Å².